The van der Waals surface area contributed by atoms with E-state index in [4.69, 9.17) is 9.47 Å². The number of halogens is 2. The maximum atomic E-state index is 12.6. The fraction of sp³-hybridized carbons (Fsp3) is 0.619. The number of benzene rings is 1. The molecule has 1 heterocycles. The summed E-state index contributed by atoms with van der Waals surface area (Å²) in [7, 11) is 0. The quantitative estimate of drug-likeness (QED) is 0.451. The third-order valence-electron chi connectivity index (χ3n) is 4.65. The van der Waals surface area contributed by atoms with Crippen LogP contribution in [0, 0.1) is 0 Å². The van der Waals surface area contributed by atoms with Crippen LogP contribution in [0.3, 0.4) is 0 Å². The Labute approximate surface area is 181 Å². The number of rotatable bonds is 9. The van der Waals surface area contributed by atoms with Gasteiger partial charge in [-0.1, -0.05) is 6.07 Å². The number of amides is 1. The van der Waals surface area contributed by atoms with Crippen molar-refractivity contribution < 1.29 is 27.8 Å². The van der Waals surface area contributed by atoms with Crippen LogP contribution in [0.4, 0.5) is 13.6 Å². The van der Waals surface area contributed by atoms with Crippen LogP contribution in [-0.4, -0.2) is 62.5 Å². The third kappa shape index (κ3) is 8.10. The molecule has 8 nitrogen and oxygen atoms in total. The smallest absolute Gasteiger partial charge is 0.409 e. The molecular formula is C21H32F2N4O4. The van der Waals surface area contributed by atoms with Crippen LogP contribution in [-0.2, 0) is 11.3 Å². The Morgan fingerprint density at radius 3 is 2.55 bits per heavy atom. The summed E-state index contributed by atoms with van der Waals surface area (Å²) in [6.07, 6.45) is 1.31. The lowest BCUT2D eigenvalue weighted by Crippen LogP contribution is -2.49. The number of nitrogens with one attached hydrogen (secondary N) is 2. The van der Waals surface area contributed by atoms with Crippen molar-refractivity contribution in [3.8, 4) is 11.5 Å². The Kier molecular flexibility index (Phi) is 10.1. The first-order chi connectivity index (χ1) is 15.0. The molecule has 0 unspecified atom stereocenters. The highest BCUT2D eigenvalue weighted by atomic mass is 19.3. The monoisotopic (exact) mass is 442 g/mol. The zero-order valence-electron chi connectivity index (χ0n) is 18.3. The predicted octanol–water partition coefficient (Wildman–Crippen LogP) is 3.36. The van der Waals surface area contributed by atoms with Gasteiger partial charge in [0.25, 0.3) is 0 Å². The predicted molar refractivity (Wildman–Crippen MR) is 114 cm³/mol. The molecule has 1 fully saturated rings. The normalized spacial score (nSPS) is 15.0. The molecule has 1 aliphatic rings. The van der Waals surface area contributed by atoms with Crippen LogP contribution in [0.1, 0.15) is 39.2 Å². The van der Waals surface area contributed by atoms with E-state index in [2.05, 4.69) is 20.4 Å². The van der Waals surface area contributed by atoms with Gasteiger partial charge in [-0.15, -0.1) is 0 Å². The highest BCUT2D eigenvalue weighted by Gasteiger charge is 2.24. The molecule has 2 rings (SSSR count). The number of carbonyl (C=O) groups is 1. The molecule has 1 aliphatic heterocycles. The standard InChI is InChI=1S/C21H32F2N4O4/c1-4-24-20(26-16-9-11-27(12-10-16)21(28)30-6-3)25-14-15-7-8-17(31-19(22)23)18(13-15)29-5-2/h7-8,13,16,19H,4-6,9-12,14H2,1-3H3,(H2,24,25,26). The molecule has 1 aromatic carbocycles. The average Bonchev–Trinajstić information content (AvgIpc) is 2.74. The molecule has 0 spiro atoms. The number of hydrogen-bond acceptors (Lipinski definition) is 5. The molecule has 0 radical (unpaired) electrons. The van der Waals surface area contributed by atoms with Crippen molar-refractivity contribution in [2.45, 2.75) is 52.8 Å². The Bertz CT molecular complexity index is 725. The number of aliphatic imine (C=N–C) groups is 1. The third-order valence-corrected chi connectivity index (χ3v) is 4.65. The van der Waals surface area contributed by atoms with Crippen LogP contribution in [0.25, 0.3) is 0 Å². The van der Waals surface area contributed by atoms with Crippen molar-refractivity contribution >= 4 is 12.1 Å². The minimum atomic E-state index is -2.91. The van der Waals surface area contributed by atoms with Crippen LogP contribution in [0.5, 0.6) is 11.5 Å². The van der Waals surface area contributed by atoms with Gasteiger partial charge >= 0.3 is 12.7 Å². The van der Waals surface area contributed by atoms with Gasteiger partial charge in [0.15, 0.2) is 17.5 Å². The molecule has 10 heteroatoms. The van der Waals surface area contributed by atoms with Gasteiger partial charge < -0.3 is 29.7 Å². The van der Waals surface area contributed by atoms with Crippen LogP contribution in [0.15, 0.2) is 23.2 Å². The van der Waals surface area contributed by atoms with Gasteiger partial charge in [0.05, 0.1) is 19.8 Å². The topological polar surface area (TPSA) is 84.4 Å². The Morgan fingerprint density at radius 1 is 1.19 bits per heavy atom. The number of likely N-dealkylation sites (tertiary alicyclic amines) is 1. The summed E-state index contributed by atoms with van der Waals surface area (Å²) in [4.78, 5) is 18.1. The van der Waals surface area contributed by atoms with E-state index in [0.717, 1.165) is 18.4 Å². The molecule has 31 heavy (non-hydrogen) atoms. The van der Waals surface area contributed by atoms with Gasteiger partial charge in [-0.2, -0.15) is 8.78 Å². The van der Waals surface area contributed by atoms with Gasteiger partial charge in [0.2, 0.25) is 0 Å². The molecule has 0 saturated carbocycles. The lowest BCUT2D eigenvalue weighted by Gasteiger charge is -2.32. The summed E-state index contributed by atoms with van der Waals surface area (Å²) in [5.74, 6) is 0.922. The number of guanidine groups is 1. The van der Waals surface area contributed by atoms with Gasteiger partial charge in [-0.25, -0.2) is 9.79 Å². The summed E-state index contributed by atoms with van der Waals surface area (Å²) in [5, 5.41) is 6.61. The number of piperidine rings is 1. The molecular weight excluding hydrogens is 410 g/mol. The zero-order valence-corrected chi connectivity index (χ0v) is 18.3. The van der Waals surface area contributed by atoms with Crippen molar-refractivity contribution in [3.63, 3.8) is 0 Å². The highest BCUT2D eigenvalue weighted by molar-refractivity contribution is 5.80. The minimum absolute atomic E-state index is 0.00275. The molecule has 2 N–H and O–H groups in total. The lowest BCUT2D eigenvalue weighted by atomic mass is 10.1. The van der Waals surface area contributed by atoms with Crippen molar-refractivity contribution in [2.75, 3.05) is 32.8 Å². The number of carbonyl (C=O) groups excluding carboxylic acids is 1. The van der Waals surface area contributed by atoms with Crippen molar-refractivity contribution in [3.05, 3.63) is 23.8 Å². The van der Waals surface area contributed by atoms with Gasteiger partial charge in [0.1, 0.15) is 0 Å². The van der Waals surface area contributed by atoms with E-state index in [0.29, 0.717) is 45.4 Å². The van der Waals surface area contributed by atoms with Crippen molar-refractivity contribution in [1.29, 1.82) is 0 Å². The fourth-order valence-electron chi connectivity index (χ4n) is 3.22. The highest BCUT2D eigenvalue weighted by Crippen LogP contribution is 2.30. The van der Waals surface area contributed by atoms with E-state index in [1.54, 1.807) is 30.9 Å². The van der Waals surface area contributed by atoms with Crippen LogP contribution >= 0.6 is 0 Å². The summed E-state index contributed by atoms with van der Waals surface area (Å²) in [6.45, 7) is 5.62. The van der Waals surface area contributed by atoms with E-state index in [-0.39, 0.29) is 23.6 Å². The van der Waals surface area contributed by atoms with E-state index < -0.39 is 6.61 Å². The first-order valence-corrected chi connectivity index (χ1v) is 10.6. The first kappa shape index (κ1) is 24.5. The molecule has 1 aromatic rings. The minimum Gasteiger partial charge on any atom is -0.490 e. The van der Waals surface area contributed by atoms with Gasteiger partial charge in [0, 0.05) is 25.7 Å². The molecule has 1 saturated heterocycles. The van der Waals surface area contributed by atoms with Crippen LogP contribution in [0.2, 0.25) is 0 Å². The molecule has 0 bridgehead atoms. The van der Waals surface area contributed by atoms with E-state index in [1.165, 1.54) is 6.07 Å². The Hall–Kier alpha value is -2.78. The molecule has 0 aromatic heterocycles. The Balaban J connectivity index is 1.98. The van der Waals surface area contributed by atoms with E-state index in [9.17, 15) is 13.6 Å². The number of ether oxygens (including phenoxy) is 3. The number of alkyl halides is 2. The van der Waals surface area contributed by atoms with Crippen molar-refractivity contribution in [2.24, 2.45) is 4.99 Å². The van der Waals surface area contributed by atoms with Crippen molar-refractivity contribution in [1.82, 2.24) is 15.5 Å². The summed E-state index contributed by atoms with van der Waals surface area (Å²) >= 11 is 0. The molecule has 0 atom stereocenters. The summed E-state index contributed by atoms with van der Waals surface area (Å²) < 4.78 is 40.1. The maximum Gasteiger partial charge on any atom is 0.409 e. The first-order valence-electron chi connectivity index (χ1n) is 10.6. The van der Waals surface area contributed by atoms with E-state index >= 15 is 0 Å². The average molecular weight is 443 g/mol. The zero-order chi connectivity index (χ0) is 22.6. The largest absolute Gasteiger partial charge is 0.490 e. The van der Waals surface area contributed by atoms with E-state index in [1.807, 2.05) is 6.92 Å². The number of nitrogens with zero attached hydrogens (tertiary/aromatic N) is 2. The Morgan fingerprint density at radius 2 is 1.94 bits per heavy atom. The molecule has 174 valence electrons. The second kappa shape index (κ2) is 12.8. The van der Waals surface area contributed by atoms with Gasteiger partial charge in [-0.05, 0) is 51.3 Å². The SMILES string of the molecule is CCNC(=NCc1ccc(OC(F)F)c(OCC)c1)NC1CCN(C(=O)OCC)CC1. The van der Waals surface area contributed by atoms with Crippen LogP contribution < -0.4 is 20.1 Å². The lowest BCUT2D eigenvalue weighted by molar-refractivity contribution is -0.0514. The summed E-state index contributed by atoms with van der Waals surface area (Å²) in [6, 6.07) is 4.99. The second-order valence-corrected chi connectivity index (χ2v) is 6.89. The number of hydrogen-bond donors (Lipinski definition) is 2. The second-order valence-electron chi connectivity index (χ2n) is 6.89. The fourth-order valence-corrected chi connectivity index (χ4v) is 3.22. The molecule has 1 amide bonds. The molecule has 0 aliphatic carbocycles. The summed E-state index contributed by atoms with van der Waals surface area (Å²) in [5.41, 5.74) is 0.805. The van der Waals surface area contributed by atoms with Gasteiger partial charge in [-0.3, -0.25) is 0 Å². The maximum absolute atomic E-state index is 12.6.